The third-order valence-electron chi connectivity index (χ3n) is 4.40. The SMILES string of the molecule is COc1ccc(C)cc1C(O)CNN1C(C)CCCC1C. The zero-order chi connectivity index (χ0) is 15.4. The summed E-state index contributed by atoms with van der Waals surface area (Å²) in [6, 6.07) is 6.94. The number of nitrogens with one attached hydrogen (secondary N) is 1. The van der Waals surface area contributed by atoms with Gasteiger partial charge in [0, 0.05) is 24.2 Å². The molecule has 2 rings (SSSR count). The first-order chi connectivity index (χ1) is 10.0. The molecule has 0 spiro atoms. The minimum atomic E-state index is -0.568. The molecule has 0 radical (unpaired) electrons. The molecule has 1 fully saturated rings. The minimum Gasteiger partial charge on any atom is -0.496 e. The smallest absolute Gasteiger partial charge is 0.124 e. The van der Waals surface area contributed by atoms with Crippen LogP contribution in [0.15, 0.2) is 18.2 Å². The Morgan fingerprint density at radius 2 is 2.00 bits per heavy atom. The summed E-state index contributed by atoms with van der Waals surface area (Å²) >= 11 is 0. The second kappa shape index (κ2) is 7.25. The number of rotatable bonds is 5. The maximum atomic E-state index is 10.5. The third-order valence-corrected chi connectivity index (χ3v) is 4.40. The Kier molecular flexibility index (Phi) is 5.62. The third kappa shape index (κ3) is 3.96. The van der Waals surface area contributed by atoms with Crippen LogP contribution in [0.25, 0.3) is 0 Å². The maximum absolute atomic E-state index is 10.5. The number of aliphatic hydroxyl groups is 1. The first-order valence-electron chi connectivity index (χ1n) is 7.87. The van der Waals surface area contributed by atoms with Crippen molar-refractivity contribution in [3.63, 3.8) is 0 Å². The number of piperidine rings is 1. The fourth-order valence-electron chi connectivity index (χ4n) is 3.15. The van der Waals surface area contributed by atoms with E-state index in [9.17, 15) is 5.11 Å². The van der Waals surface area contributed by atoms with E-state index >= 15 is 0 Å². The molecule has 2 N–H and O–H groups in total. The van der Waals surface area contributed by atoms with Crippen molar-refractivity contribution in [2.75, 3.05) is 13.7 Å². The lowest BCUT2D eigenvalue weighted by atomic mass is 9.99. The van der Waals surface area contributed by atoms with Crippen molar-refractivity contribution in [1.82, 2.24) is 10.4 Å². The van der Waals surface area contributed by atoms with Crippen LogP contribution < -0.4 is 10.2 Å². The van der Waals surface area contributed by atoms with Crippen LogP contribution in [0.5, 0.6) is 5.75 Å². The molecular weight excluding hydrogens is 264 g/mol. The number of hydrogen-bond donors (Lipinski definition) is 2. The summed E-state index contributed by atoms with van der Waals surface area (Å²) < 4.78 is 5.35. The van der Waals surface area contributed by atoms with E-state index in [-0.39, 0.29) is 0 Å². The second-order valence-corrected chi connectivity index (χ2v) is 6.16. The van der Waals surface area contributed by atoms with Gasteiger partial charge >= 0.3 is 0 Å². The van der Waals surface area contributed by atoms with Gasteiger partial charge in [0.25, 0.3) is 0 Å². The van der Waals surface area contributed by atoms with Gasteiger partial charge in [-0.2, -0.15) is 0 Å². The Balaban J connectivity index is 2.01. The Bertz CT molecular complexity index is 454. The average molecular weight is 292 g/mol. The lowest BCUT2D eigenvalue weighted by Crippen LogP contribution is -2.53. The lowest BCUT2D eigenvalue weighted by Gasteiger charge is -2.39. The number of nitrogens with zero attached hydrogens (tertiary/aromatic N) is 1. The van der Waals surface area contributed by atoms with Crippen LogP contribution in [-0.2, 0) is 0 Å². The molecule has 4 nitrogen and oxygen atoms in total. The normalized spacial score (nSPS) is 24.8. The fourth-order valence-corrected chi connectivity index (χ4v) is 3.15. The van der Waals surface area contributed by atoms with Crippen LogP contribution >= 0.6 is 0 Å². The molecule has 1 saturated heterocycles. The summed E-state index contributed by atoms with van der Waals surface area (Å²) in [7, 11) is 1.64. The molecule has 1 aliphatic rings. The molecule has 0 aromatic heterocycles. The summed E-state index contributed by atoms with van der Waals surface area (Å²) in [5, 5.41) is 12.8. The first kappa shape index (κ1) is 16.3. The fraction of sp³-hybridized carbons (Fsp3) is 0.647. The summed E-state index contributed by atoms with van der Waals surface area (Å²) in [6.07, 6.45) is 3.14. The first-order valence-corrected chi connectivity index (χ1v) is 7.87. The van der Waals surface area contributed by atoms with Crippen molar-refractivity contribution in [3.8, 4) is 5.75 Å². The summed E-state index contributed by atoms with van der Waals surface area (Å²) in [4.78, 5) is 0. The predicted octanol–water partition coefficient (Wildman–Crippen LogP) is 2.80. The van der Waals surface area contributed by atoms with E-state index in [2.05, 4.69) is 24.3 Å². The monoisotopic (exact) mass is 292 g/mol. The second-order valence-electron chi connectivity index (χ2n) is 6.16. The van der Waals surface area contributed by atoms with Crippen molar-refractivity contribution >= 4 is 0 Å². The van der Waals surface area contributed by atoms with Crippen LogP contribution in [-0.4, -0.2) is 35.9 Å². The number of hydrazine groups is 1. The van der Waals surface area contributed by atoms with E-state index in [0.717, 1.165) is 16.9 Å². The van der Waals surface area contributed by atoms with Gasteiger partial charge in [-0.1, -0.05) is 18.1 Å². The van der Waals surface area contributed by atoms with Crippen molar-refractivity contribution in [1.29, 1.82) is 0 Å². The zero-order valence-corrected chi connectivity index (χ0v) is 13.6. The van der Waals surface area contributed by atoms with Crippen LogP contribution in [0.2, 0.25) is 0 Å². The van der Waals surface area contributed by atoms with Crippen molar-refractivity contribution in [2.24, 2.45) is 0 Å². The minimum absolute atomic E-state index is 0.508. The molecule has 1 aliphatic heterocycles. The van der Waals surface area contributed by atoms with Crippen LogP contribution in [0, 0.1) is 6.92 Å². The summed E-state index contributed by atoms with van der Waals surface area (Å²) in [6.45, 7) is 7.01. The van der Waals surface area contributed by atoms with Gasteiger partial charge in [0.15, 0.2) is 0 Å². The van der Waals surface area contributed by atoms with Gasteiger partial charge in [-0.05, 0) is 45.7 Å². The molecule has 0 aliphatic carbocycles. The Labute approximate surface area is 128 Å². The number of ether oxygens (including phenoxy) is 1. The molecule has 118 valence electrons. The highest BCUT2D eigenvalue weighted by molar-refractivity contribution is 5.38. The summed E-state index contributed by atoms with van der Waals surface area (Å²) in [5.74, 6) is 0.745. The molecule has 1 aromatic rings. The van der Waals surface area contributed by atoms with Crippen LogP contribution in [0.3, 0.4) is 0 Å². The molecule has 0 bridgehead atoms. The molecule has 21 heavy (non-hydrogen) atoms. The molecule has 3 atom stereocenters. The van der Waals surface area contributed by atoms with E-state index in [0.29, 0.717) is 18.6 Å². The highest BCUT2D eigenvalue weighted by atomic mass is 16.5. The van der Waals surface area contributed by atoms with Gasteiger partial charge < -0.3 is 9.84 Å². The molecule has 0 saturated carbocycles. The number of aryl methyl sites for hydroxylation is 1. The Morgan fingerprint density at radius 1 is 1.33 bits per heavy atom. The van der Waals surface area contributed by atoms with Gasteiger partial charge in [0.1, 0.15) is 5.75 Å². The average Bonchev–Trinajstić information content (AvgIpc) is 2.46. The van der Waals surface area contributed by atoms with Crippen molar-refractivity contribution < 1.29 is 9.84 Å². The van der Waals surface area contributed by atoms with Crippen LogP contribution in [0.1, 0.15) is 50.3 Å². The topological polar surface area (TPSA) is 44.7 Å². The highest BCUT2D eigenvalue weighted by Gasteiger charge is 2.25. The van der Waals surface area contributed by atoms with Crippen molar-refractivity contribution in [2.45, 2.75) is 58.2 Å². The van der Waals surface area contributed by atoms with Crippen molar-refractivity contribution in [3.05, 3.63) is 29.3 Å². The van der Waals surface area contributed by atoms with E-state index in [1.807, 2.05) is 25.1 Å². The molecule has 0 amide bonds. The maximum Gasteiger partial charge on any atom is 0.124 e. The van der Waals surface area contributed by atoms with E-state index < -0.39 is 6.10 Å². The predicted molar refractivity (Wildman–Crippen MR) is 85.3 cm³/mol. The molecule has 3 unspecified atom stereocenters. The summed E-state index contributed by atoms with van der Waals surface area (Å²) in [5.41, 5.74) is 5.40. The van der Waals surface area contributed by atoms with E-state index in [1.165, 1.54) is 19.3 Å². The zero-order valence-electron chi connectivity index (χ0n) is 13.6. The quantitative estimate of drug-likeness (QED) is 0.876. The molecule has 1 aromatic carbocycles. The van der Waals surface area contributed by atoms with Gasteiger partial charge in [0.2, 0.25) is 0 Å². The van der Waals surface area contributed by atoms with E-state index in [1.54, 1.807) is 7.11 Å². The number of benzene rings is 1. The largest absolute Gasteiger partial charge is 0.496 e. The number of methoxy groups -OCH3 is 1. The Morgan fingerprint density at radius 3 is 2.62 bits per heavy atom. The van der Waals surface area contributed by atoms with Gasteiger partial charge in [-0.25, -0.2) is 5.01 Å². The molecule has 4 heteroatoms. The van der Waals surface area contributed by atoms with Gasteiger partial charge in [-0.15, -0.1) is 0 Å². The molecular formula is C17H28N2O2. The van der Waals surface area contributed by atoms with Gasteiger partial charge in [0.05, 0.1) is 13.2 Å². The number of hydrogen-bond acceptors (Lipinski definition) is 4. The van der Waals surface area contributed by atoms with Crippen LogP contribution in [0.4, 0.5) is 0 Å². The highest BCUT2D eigenvalue weighted by Crippen LogP contribution is 2.26. The molecule has 1 heterocycles. The lowest BCUT2D eigenvalue weighted by molar-refractivity contribution is 0.0259. The van der Waals surface area contributed by atoms with Gasteiger partial charge in [-0.3, -0.25) is 5.43 Å². The Hall–Kier alpha value is -1.10. The van der Waals surface area contributed by atoms with E-state index in [4.69, 9.17) is 4.74 Å². The standard InChI is InChI=1S/C17H28N2O2/c1-12-8-9-17(21-4)15(10-12)16(20)11-18-19-13(2)6-5-7-14(19)3/h8-10,13-14,16,18,20H,5-7,11H2,1-4H3. The number of aliphatic hydroxyl groups excluding tert-OH is 1.